The number of nitrogens with two attached hydrogens (primary N) is 1. The van der Waals surface area contributed by atoms with E-state index in [9.17, 15) is 13.2 Å². The van der Waals surface area contributed by atoms with Gasteiger partial charge in [0.1, 0.15) is 5.69 Å². The van der Waals surface area contributed by atoms with Gasteiger partial charge in [-0.15, -0.1) is 0 Å². The molecule has 0 atom stereocenters. The Morgan fingerprint density at radius 1 is 1.42 bits per heavy atom. The van der Waals surface area contributed by atoms with Gasteiger partial charge in [0, 0.05) is 11.9 Å². The third kappa shape index (κ3) is 2.91. The molecule has 2 aromatic rings. The zero-order chi connectivity index (χ0) is 14.0. The molecule has 19 heavy (non-hydrogen) atoms. The Hall–Kier alpha value is -2.35. The SMILES string of the molecule is CS(=O)(=O)c1cccc(NC(=O)c2[nH]ncc2N)c1. The number of benzene rings is 1. The first-order valence-corrected chi connectivity index (χ1v) is 7.17. The number of carbonyl (C=O) groups is 1. The van der Waals surface area contributed by atoms with Crippen LogP contribution in [0.25, 0.3) is 0 Å². The number of nitrogen functional groups attached to an aromatic ring is 1. The predicted molar refractivity (Wildman–Crippen MR) is 70.5 cm³/mol. The number of aromatic amines is 1. The van der Waals surface area contributed by atoms with Gasteiger partial charge in [-0.1, -0.05) is 6.07 Å². The predicted octanol–water partition coefficient (Wildman–Crippen LogP) is 0.648. The summed E-state index contributed by atoms with van der Waals surface area (Å²) < 4.78 is 22.8. The number of sulfone groups is 1. The summed E-state index contributed by atoms with van der Waals surface area (Å²) in [7, 11) is -3.32. The van der Waals surface area contributed by atoms with E-state index in [1.807, 2.05) is 0 Å². The third-order valence-electron chi connectivity index (χ3n) is 2.42. The second-order valence-corrected chi connectivity index (χ2v) is 5.97. The van der Waals surface area contributed by atoms with Gasteiger partial charge in [0.25, 0.3) is 5.91 Å². The van der Waals surface area contributed by atoms with Gasteiger partial charge in [-0.3, -0.25) is 9.89 Å². The van der Waals surface area contributed by atoms with E-state index in [2.05, 4.69) is 15.5 Å². The van der Waals surface area contributed by atoms with E-state index >= 15 is 0 Å². The first kappa shape index (κ1) is 13.1. The van der Waals surface area contributed by atoms with Crippen molar-refractivity contribution in [3.05, 3.63) is 36.2 Å². The summed E-state index contributed by atoms with van der Waals surface area (Å²) in [5.74, 6) is -0.486. The molecule has 100 valence electrons. The van der Waals surface area contributed by atoms with Crippen molar-refractivity contribution in [3.8, 4) is 0 Å². The lowest BCUT2D eigenvalue weighted by atomic mass is 10.3. The molecule has 0 aliphatic rings. The molecule has 8 heteroatoms. The minimum Gasteiger partial charge on any atom is -0.396 e. The normalized spacial score (nSPS) is 11.2. The summed E-state index contributed by atoms with van der Waals surface area (Å²) in [4.78, 5) is 12.0. The number of H-pyrrole nitrogens is 1. The second-order valence-electron chi connectivity index (χ2n) is 3.95. The molecule has 1 amide bonds. The molecule has 0 spiro atoms. The first-order chi connectivity index (χ1) is 8.88. The molecule has 4 N–H and O–H groups in total. The highest BCUT2D eigenvalue weighted by molar-refractivity contribution is 7.90. The van der Waals surface area contributed by atoms with Crippen molar-refractivity contribution < 1.29 is 13.2 Å². The zero-order valence-electron chi connectivity index (χ0n) is 10.0. The molecule has 0 radical (unpaired) electrons. The standard InChI is InChI=1S/C11H12N4O3S/c1-19(17,18)8-4-2-3-7(5-8)14-11(16)10-9(12)6-13-15-10/h2-6H,12H2,1H3,(H,13,15)(H,14,16). The largest absolute Gasteiger partial charge is 0.396 e. The minimum atomic E-state index is -3.32. The van der Waals surface area contributed by atoms with E-state index in [0.717, 1.165) is 6.26 Å². The van der Waals surface area contributed by atoms with Crippen molar-refractivity contribution in [2.75, 3.05) is 17.3 Å². The highest BCUT2D eigenvalue weighted by Crippen LogP contribution is 2.16. The summed E-state index contributed by atoms with van der Waals surface area (Å²) in [6, 6.07) is 5.96. The van der Waals surface area contributed by atoms with E-state index in [4.69, 9.17) is 5.73 Å². The third-order valence-corrected chi connectivity index (χ3v) is 3.53. The van der Waals surface area contributed by atoms with Crippen molar-refractivity contribution in [1.29, 1.82) is 0 Å². The van der Waals surface area contributed by atoms with Crippen LogP contribution in [0.1, 0.15) is 10.5 Å². The molecule has 0 unspecified atom stereocenters. The van der Waals surface area contributed by atoms with Gasteiger partial charge < -0.3 is 11.1 Å². The highest BCUT2D eigenvalue weighted by atomic mass is 32.2. The average Bonchev–Trinajstić information content (AvgIpc) is 2.75. The minimum absolute atomic E-state index is 0.128. The molecule has 1 heterocycles. The molecule has 0 bridgehead atoms. The number of hydrogen-bond acceptors (Lipinski definition) is 5. The fourth-order valence-electron chi connectivity index (χ4n) is 1.48. The van der Waals surface area contributed by atoms with E-state index in [0.29, 0.717) is 5.69 Å². The number of nitrogens with zero attached hydrogens (tertiary/aromatic N) is 1. The Kier molecular flexibility index (Phi) is 3.26. The van der Waals surface area contributed by atoms with Gasteiger partial charge in [-0.25, -0.2) is 8.42 Å². The lowest BCUT2D eigenvalue weighted by Gasteiger charge is -2.06. The lowest BCUT2D eigenvalue weighted by molar-refractivity contribution is 0.102. The van der Waals surface area contributed by atoms with Crippen molar-refractivity contribution >= 4 is 27.1 Å². The van der Waals surface area contributed by atoms with Crippen LogP contribution in [0.5, 0.6) is 0 Å². The van der Waals surface area contributed by atoms with Gasteiger partial charge in [-0.05, 0) is 18.2 Å². The van der Waals surface area contributed by atoms with Gasteiger partial charge in [0.15, 0.2) is 9.84 Å². The molecular weight excluding hydrogens is 268 g/mol. The number of amides is 1. The number of nitrogens with one attached hydrogen (secondary N) is 2. The van der Waals surface area contributed by atoms with Crippen LogP contribution in [-0.4, -0.2) is 30.8 Å². The topological polar surface area (TPSA) is 118 Å². The van der Waals surface area contributed by atoms with Crippen LogP contribution >= 0.6 is 0 Å². The van der Waals surface area contributed by atoms with Gasteiger partial charge in [-0.2, -0.15) is 5.10 Å². The van der Waals surface area contributed by atoms with Crippen LogP contribution in [0.3, 0.4) is 0 Å². The number of hydrogen-bond donors (Lipinski definition) is 3. The highest BCUT2D eigenvalue weighted by Gasteiger charge is 2.13. The molecule has 2 rings (SSSR count). The van der Waals surface area contributed by atoms with Gasteiger partial charge in [0.2, 0.25) is 0 Å². The molecule has 0 aliphatic heterocycles. The van der Waals surface area contributed by atoms with Crippen LogP contribution in [-0.2, 0) is 9.84 Å². The fourth-order valence-corrected chi connectivity index (χ4v) is 2.14. The van der Waals surface area contributed by atoms with Crippen LogP contribution in [0.15, 0.2) is 35.4 Å². The summed E-state index contributed by atoms with van der Waals surface area (Å²) in [6.45, 7) is 0. The molecule has 0 saturated carbocycles. The molecule has 1 aromatic heterocycles. The Morgan fingerprint density at radius 3 is 2.74 bits per heavy atom. The van der Waals surface area contributed by atoms with Crippen molar-refractivity contribution in [3.63, 3.8) is 0 Å². The maximum atomic E-state index is 11.8. The van der Waals surface area contributed by atoms with Crippen LogP contribution < -0.4 is 11.1 Å². The molecule has 0 fully saturated rings. The van der Waals surface area contributed by atoms with Crippen molar-refractivity contribution in [2.45, 2.75) is 4.90 Å². The molecule has 1 aromatic carbocycles. The fraction of sp³-hybridized carbons (Fsp3) is 0.0909. The summed E-state index contributed by atoms with van der Waals surface area (Å²) in [5, 5.41) is 8.64. The van der Waals surface area contributed by atoms with Crippen LogP contribution in [0, 0.1) is 0 Å². The smallest absolute Gasteiger partial charge is 0.275 e. The van der Waals surface area contributed by atoms with Crippen LogP contribution in [0.4, 0.5) is 11.4 Å². The number of aromatic nitrogens is 2. The molecular formula is C11H12N4O3S. The number of anilines is 2. The van der Waals surface area contributed by atoms with Crippen molar-refractivity contribution in [2.24, 2.45) is 0 Å². The zero-order valence-corrected chi connectivity index (χ0v) is 10.9. The maximum Gasteiger partial charge on any atom is 0.275 e. The van der Waals surface area contributed by atoms with Crippen LogP contribution in [0.2, 0.25) is 0 Å². The molecule has 7 nitrogen and oxygen atoms in total. The Balaban J connectivity index is 2.25. The Labute approximate surface area is 109 Å². The van der Waals surface area contributed by atoms with E-state index in [1.165, 1.54) is 18.3 Å². The second kappa shape index (κ2) is 4.73. The maximum absolute atomic E-state index is 11.8. The summed E-state index contributed by atoms with van der Waals surface area (Å²) >= 11 is 0. The first-order valence-electron chi connectivity index (χ1n) is 5.28. The summed E-state index contributed by atoms with van der Waals surface area (Å²) in [6.07, 6.45) is 2.42. The van der Waals surface area contributed by atoms with Gasteiger partial charge in [0.05, 0.1) is 16.8 Å². The monoisotopic (exact) mass is 280 g/mol. The quantitative estimate of drug-likeness (QED) is 0.762. The Morgan fingerprint density at radius 2 is 2.16 bits per heavy atom. The van der Waals surface area contributed by atoms with Crippen molar-refractivity contribution in [1.82, 2.24) is 10.2 Å². The molecule has 0 saturated heterocycles. The average molecular weight is 280 g/mol. The number of carbonyl (C=O) groups excluding carboxylic acids is 1. The van der Waals surface area contributed by atoms with E-state index < -0.39 is 15.7 Å². The lowest BCUT2D eigenvalue weighted by Crippen LogP contribution is -2.14. The Bertz CT molecular complexity index is 721. The number of rotatable bonds is 3. The summed E-state index contributed by atoms with van der Waals surface area (Å²) in [5.41, 5.74) is 6.26. The van der Waals surface area contributed by atoms with E-state index in [-0.39, 0.29) is 16.3 Å². The van der Waals surface area contributed by atoms with Gasteiger partial charge >= 0.3 is 0 Å². The molecule has 0 aliphatic carbocycles. The van der Waals surface area contributed by atoms with E-state index in [1.54, 1.807) is 12.1 Å².